The molecule has 3 rings (SSSR count). The van der Waals surface area contributed by atoms with E-state index in [1.165, 1.54) is 11.8 Å². The molecule has 0 fully saturated rings. The molecule has 0 radical (unpaired) electrons. The highest BCUT2D eigenvalue weighted by molar-refractivity contribution is 7.99. The van der Waals surface area contributed by atoms with Gasteiger partial charge in [-0.15, -0.1) is 5.10 Å². The molecule has 1 aromatic heterocycles. The molecule has 0 aliphatic heterocycles. The fourth-order valence-electron chi connectivity index (χ4n) is 2.25. The number of hydrogen-bond acceptors (Lipinski definition) is 4. The predicted octanol–water partition coefficient (Wildman–Crippen LogP) is 4.47. The smallest absolute Gasteiger partial charge is 0.234 e. The highest BCUT2D eigenvalue weighted by Crippen LogP contribution is 2.22. The van der Waals surface area contributed by atoms with Crippen molar-refractivity contribution >= 4 is 35.0 Å². The second-order valence-corrected chi connectivity index (χ2v) is 6.94. The summed E-state index contributed by atoms with van der Waals surface area (Å²) in [6, 6.07) is 13.2. The van der Waals surface area contributed by atoms with Crippen LogP contribution in [-0.4, -0.2) is 26.8 Å². The molecular formula is C18H17ClN4OS. The van der Waals surface area contributed by atoms with Crippen LogP contribution in [-0.2, 0) is 4.79 Å². The molecule has 128 valence electrons. The molecule has 5 nitrogen and oxygen atoms in total. The normalized spacial score (nSPS) is 10.7. The minimum atomic E-state index is -0.0865. The van der Waals surface area contributed by atoms with Gasteiger partial charge in [0.25, 0.3) is 0 Å². The first-order chi connectivity index (χ1) is 12.0. The summed E-state index contributed by atoms with van der Waals surface area (Å²) < 4.78 is 0. The minimum Gasteiger partial charge on any atom is -0.325 e. The number of aromatic nitrogens is 3. The SMILES string of the molecule is Cc1cccc(NC(=O)CSc2n[nH]c(-c3ccc(Cl)cc3)n2)c1C. The van der Waals surface area contributed by atoms with Crippen molar-refractivity contribution in [3.8, 4) is 11.4 Å². The Morgan fingerprint density at radius 2 is 1.96 bits per heavy atom. The molecule has 0 atom stereocenters. The van der Waals surface area contributed by atoms with Gasteiger partial charge in [0.15, 0.2) is 5.82 Å². The van der Waals surface area contributed by atoms with Crippen molar-refractivity contribution < 1.29 is 4.79 Å². The van der Waals surface area contributed by atoms with Gasteiger partial charge >= 0.3 is 0 Å². The van der Waals surface area contributed by atoms with E-state index in [1.54, 1.807) is 12.1 Å². The Kier molecular flexibility index (Phi) is 5.40. The van der Waals surface area contributed by atoms with E-state index in [4.69, 9.17) is 11.6 Å². The van der Waals surface area contributed by atoms with Crippen LogP contribution in [0.2, 0.25) is 5.02 Å². The van der Waals surface area contributed by atoms with E-state index in [2.05, 4.69) is 20.5 Å². The number of halogens is 1. The third kappa shape index (κ3) is 4.41. The van der Waals surface area contributed by atoms with Crippen LogP contribution < -0.4 is 5.32 Å². The standard InChI is InChI=1S/C18H17ClN4OS/c1-11-4-3-5-15(12(11)2)20-16(24)10-25-18-21-17(22-23-18)13-6-8-14(19)9-7-13/h3-9H,10H2,1-2H3,(H,20,24)(H,21,22,23). The lowest BCUT2D eigenvalue weighted by Crippen LogP contribution is -2.15. The van der Waals surface area contributed by atoms with E-state index in [1.807, 2.05) is 44.2 Å². The molecule has 25 heavy (non-hydrogen) atoms. The summed E-state index contributed by atoms with van der Waals surface area (Å²) in [6.07, 6.45) is 0. The molecule has 0 spiro atoms. The molecule has 1 amide bonds. The maximum absolute atomic E-state index is 12.2. The average molecular weight is 373 g/mol. The summed E-state index contributed by atoms with van der Waals surface area (Å²) in [6.45, 7) is 4.01. The maximum atomic E-state index is 12.2. The minimum absolute atomic E-state index is 0.0865. The van der Waals surface area contributed by atoms with Gasteiger partial charge in [0.1, 0.15) is 0 Å². The highest BCUT2D eigenvalue weighted by Gasteiger charge is 2.10. The molecule has 0 unspecified atom stereocenters. The van der Waals surface area contributed by atoms with Gasteiger partial charge in [-0.3, -0.25) is 9.89 Å². The molecule has 2 aromatic carbocycles. The zero-order valence-corrected chi connectivity index (χ0v) is 15.4. The summed E-state index contributed by atoms with van der Waals surface area (Å²) in [5.74, 6) is 0.802. The summed E-state index contributed by atoms with van der Waals surface area (Å²) in [5.41, 5.74) is 3.95. The number of anilines is 1. The molecule has 0 saturated heterocycles. The number of amides is 1. The van der Waals surface area contributed by atoms with Crippen LogP contribution in [0, 0.1) is 13.8 Å². The fraction of sp³-hybridized carbons (Fsp3) is 0.167. The Bertz CT molecular complexity index is 892. The maximum Gasteiger partial charge on any atom is 0.234 e. The highest BCUT2D eigenvalue weighted by atomic mass is 35.5. The van der Waals surface area contributed by atoms with Crippen LogP contribution >= 0.6 is 23.4 Å². The molecule has 0 bridgehead atoms. The van der Waals surface area contributed by atoms with Crippen LogP contribution in [0.25, 0.3) is 11.4 Å². The summed E-state index contributed by atoms with van der Waals surface area (Å²) in [4.78, 5) is 16.5. The van der Waals surface area contributed by atoms with Crippen molar-refractivity contribution in [3.05, 3.63) is 58.6 Å². The average Bonchev–Trinajstić information content (AvgIpc) is 3.07. The van der Waals surface area contributed by atoms with Crippen molar-refractivity contribution in [2.24, 2.45) is 0 Å². The van der Waals surface area contributed by atoms with Crippen LogP contribution in [0.5, 0.6) is 0 Å². The number of nitrogens with one attached hydrogen (secondary N) is 2. The van der Waals surface area contributed by atoms with Crippen molar-refractivity contribution in [2.45, 2.75) is 19.0 Å². The topological polar surface area (TPSA) is 70.7 Å². The van der Waals surface area contributed by atoms with E-state index >= 15 is 0 Å². The second kappa shape index (κ2) is 7.72. The largest absolute Gasteiger partial charge is 0.325 e. The van der Waals surface area contributed by atoms with Gasteiger partial charge in [-0.1, -0.05) is 35.5 Å². The van der Waals surface area contributed by atoms with Gasteiger partial charge in [-0.05, 0) is 55.3 Å². The van der Waals surface area contributed by atoms with E-state index in [-0.39, 0.29) is 11.7 Å². The second-order valence-electron chi connectivity index (χ2n) is 5.56. The van der Waals surface area contributed by atoms with E-state index in [0.717, 1.165) is 22.4 Å². The van der Waals surface area contributed by atoms with Gasteiger partial charge in [-0.25, -0.2) is 4.98 Å². The lowest BCUT2D eigenvalue weighted by Gasteiger charge is -2.09. The zero-order chi connectivity index (χ0) is 17.8. The van der Waals surface area contributed by atoms with Gasteiger partial charge < -0.3 is 5.32 Å². The van der Waals surface area contributed by atoms with E-state index in [0.29, 0.717) is 16.0 Å². The van der Waals surface area contributed by atoms with Crippen molar-refractivity contribution in [1.29, 1.82) is 0 Å². The number of aromatic amines is 1. The van der Waals surface area contributed by atoms with Gasteiger partial charge in [-0.2, -0.15) is 0 Å². The van der Waals surface area contributed by atoms with Crippen molar-refractivity contribution in [2.75, 3.05) is 11.1 Å². The molecule has 2 N–H and O–H groups in total. The monoisotopic (exact) mass is 372 g/mol. The quantitative estimate of drug-likeness (QED) is 0.648. The van der Waals surface area contributed by atoms with Crippen molar-refractivity contribution in [1.82, 2.24) is 15.2 Å². The van der Waals surface area contributed by atoms with Crippen molar-refractivity contribution in [3.63, 3.8) is 0 Å². The summed E-state index contributed by atoms with van der Waals surface area (Å²) in [5, 5.41) is 11.1. The predicted molar refractivity (Wildman–Crippen MR) is 102 cm³/mol. The number of hydrogen-bond donors (Lipinski definition) is 2. The van der Waals surface area contributed by atoms with Crippen LogP contribution in [0.3, 0.4) is 0 Å². The summed E-state index contributed by atoms with van der Waals surface area (Å²) >= 11 is 7.17. The van der Waals surface area contributed by atoms with Crippen LogP contribution in [0.15, 0.2) is 47.6 Å². The first-order valence-corrected chi connectivity index (χ1v) is 9.06. The molecule has 0 aliphatic rings. The first-order valence-electron chi connectivity index (χ1n) is 7.70. The molecule has 3 aromatic rings. The number of aryl methyl sites for hydroxylation is 1. The molecular weight excluding hydrogens is 356 g/mol. The Morgan fingerprint density at radius 3 is 2.72 bits per heavy atom. The number of benzene rings is 2. The Morgan fingerprint density at radius 1 is 1.20 bits per heavy atom. The molecule has 0 aliphatic carbocycles. The number of H-pyrrole nitrogens is 1. The Hall–Kier alpha value is -2.31. The van der Waals surface area contributed by atoms with Gasteiger partial charge in [0, 0.05) is 16.3 Å². The number of rotatable bonds is 5. The number of carbonyl (C=O) groups is 1. The first kappa shape index (κ1) is 17.5. The third-order valence-electron chi connectivity index (χ3n) is 3.79. The lowest BCUT2D eigenvalue weighted by atomic mass is 10.1. The lowest BCUT2D eigenvalue weighted by molar-refractivity contribution is -0.113. The molecule has 0 saturated carbocycles. The van der Waals surface area contributed by atoms with Crippen LogP contribution in [0.1, 0.15) is 11.1 Å². The number of nitrogens with zero attached hydrogens (tertiary/aromatic N) is 2. The molecule has 7 heteroatoms. The zero-order valence-electron chi connectivity index (χ0n) is 13.8. The molecule has 1 heterocycles. The van der Waals surface area contributed by atoms with E-state index in [9.17, 15) is 4.79 Å². The summed E-state index contributed by atoms with van der Waals surface area (Å²) in [7, 11) is 0. The van der Waals surface area contributed by atoms with Gasteiger partial charge in [0.05, 0.1) is 5.75 Å². The number of thioether (sulfide) groups is 1. The third-order valence-corrected chi connectivity index (χ3v) is 4.89. The Balaban J connectivity index is 1.59. The fourth-order valence-corrected chi connectivity index (χ4v) is 2.98. The van der Waals surface area contributed by atoms with Crippen LogP contribution in [0.4, 0.5) is 5.69 Å². The van der Waals surface area contributed by atoms with E-state index < -0.39 is 0 Å². The Labute approximate surface area is 155 Å². The number of carbonyl (C=O) groups excluding carboxylic acids is 1. The van der Waals surface area contributed by atoms with Gasteiger partial charge in [0.2, 0.25) is 11.1 Å².